The summed E-state index contributed by atoms with van der Waals surface area (Å²) in [5.41, 5.74) is 1.73. The van der Waals surface area contributed by atoms with Crippen LogP contribution in [0.4, 0.5) is 0 Å². The summed E-state index contributed by atoms with van der Waals surface area (Å²) in [7, 11) is 0. The molecule has 1 aromatic heterocycles. The van der Waals surface area contributed by atoms with Gasteiger partial charge in [-0.15, -0.1) is 0 Å². The third kappa shape index (κ3) is 3.15. The SMILES string of the molecule is Cc1cc(Cl)c(CN2CCCC2CCO)c(Cl)n1. The molecule has 3 nitrogen and oxygen atoms in total. The van der Waals surface area contributed by atoms with Crippen molar-refractivity contribution in [1.82, 2.24) is 9.88 Å². The molecule has 0 spiro atoms. The van der Waals surface area contributed by atoms with Crippen molar-refractivity contribution in [2.24, 2.45) is 0 Å². The number of pyridine rings is 1. The fourth-order valence-corrected chi connectivity index (χ4v) is 3.20. The summed E-state index contributed by atoms with van der Waals surface area (Å²) < 4.78 is 0. The van der Waals surface area contributed by atoms with Gasteiger partial charge in [-0.2, -0.15) is 0 Å². The van der Waals surface area contributed by atoms with E-state index in [0.29, 0.717) is 16.2 Å². The number of hydrogen-bond donors (Lipinski definition) is 1. The van der Waals surface area contributed by atoms with Crippen LogP contribution in [0.15, 0.2) is 6.07 Å². The van der Waals surface area contributed by atoms with Crippen LogP contribution in [0, 0.1) is 6.92 Å². The predicted octanol–water partition coefficient (Wildman–Crippen LogP) is 3.04. The van der Waals surface area contributed by atoms with Crippen LogP contribution in [0.5, 0.6) is 0 Å². The Morgan fingerprint density at radius 2 is 2.28 bits per heavy atom. The number of aromatic nitrogens is 1. The summed E-state index contributed by atoms with van der Waals surface area (Å²) in [6.45, 7) is 3.86. The van der Waals surface area contributed by atoms with Gasteiger partial charge in [0.15, 0.2) is 0 Å². The van der Waals surface area contributed by atoms with Gasteiger partial charge in [0.25, 0.3) is 0 Å². The van der Waals surface area contributed by atoms with Crippen LogP contribution in [-0.2, 0) is 6.54 Å². The molecule has 0 saturated carbocycles. The standard InChI is InChI=1S/C13H18Cl2N2O/c1-9-7-12(14)11(13(15)16-9)8-17-5-2-3-10(17)4-6-18/h7,10,18H,2-6,8H2,1H3. The number of hydrogen-bond acceptors (Lipinski definition) is 3. The number of aryl methyl sites for hydroxylation is 1. The summed E-state index contributed by atoms with van der Waals surface area (Å²) in [5.74, 6) is 0. The normalized spacial score (nSPS) is 20.6. The summed E-state index contributed by atoms with van der Waals surface area (Å²) in [5, 5.41) is 10.2. The lowest BCUT2D eigenvalue weighted by Gasteiger charge is -2.24. The molecule has 0 bridgehead atoms. The molecule has 18 heavy (non-hydrogen) atoms. The predicted molar refractivity (Wildman–Crippen MR) is 74.1 cm³/mol. The fourth-order valence-electron chi connectivity index (χ4n) is 2.55. The van der Waals surface area contributed by atoms with E-state index < -0.39 is 0 Å². The fraction of sp³-hybridized carbons (Fsp3) is 0.615. The van der Waals surface area contributed by atoms with Crippen LogP contribution in [0.3, 0.4) is 0 Å². The number of likely N-dealkylation sites (tertiary alicyclic amines) is 1. The number of nitrogens with zero attached hydrogens (tertiary/aromatic N) is 2. The molecule has 1 unspecified atom stereocenters. The van der Waals surface area contributed by atoms with Gasteiger partial charge in [-0.25, -0.2) is 4.98 Å². The van der Waals surface area contributed by atoms with Crippen molar-refractivity contribution in [3.8, 4) is 0 Å². The van der Waals surface area contributed by atoms with E-state index in [1.165, 1.54) is 6.42 Å². The molecule has 5 heteroatoms. The van der Waals surface area contributed by atoms with Crippen molar-refractivity contribution < 1.29 is 5.11 Å². The second-order valence-electron chi connectivity index (χ2n) is 4.79. The lowest BCUT2D eigenvalue weighted by molar-refractivity contribution is 0.189. The van der Waals surface area contributed by atoms with Crippen LogP contribution < -0.4 is 0 Å². The average molecular weight is 289 g/mol. The highest BCUT2D eigenvalue weighted by atomic mass is 35.5. The van der Waals surface area contributed by atoms with E-state index in [1.807, 2.05) is 13.0 Å². The summed E-state index contributed by atoms with van der Waals surface area (Å²) >= 11 is 12.4. The quantitative estimate of drug-likeness (QED) is 0.865. The van der Waals surface area contributed by atoms with E-state index in [4.69, 9.17) is 28.3 Å². The van der Waals surface area contributed by atoms with Gasteiger partial charge in [-0.05, 0) is 38.8 Å². The van der Waals surface area contributed by atoms with Crippen LogP contribution >= 0.6 is 23.2 Å². The molecule has 2 heterocycles. The molecule has 1 atom stereocenters. The van der Waals surface area contributed by atoms with Gasteiger partial charge < -0.3 is 5.11 Å². The Kier molecular flexibility index (Phi) is 4.84. The number of rotatable bonds is 4. The maximum Gasteiger partial charge on any atom is 0.135 e. The van der Waals surface area contributed by atoms with E-state index in [9.17, 15) is 0 Å². The second kappa shape index (κ2) is 6.20. The van der Waals surface area contributed by atoms with E-state index in [1.54, 1.807) is 0 Å². The summed E-state index contributed by atoms with van der Waals surface area (Å²) in [6.07, 6.45) is 3.11. The highest BCUT2D eigenvalue weighted by Crippen LogP contribution is 2.29. The third-order valence-corrected chi connectivity index (χ3v) is 4.12. The molecule has 2 rings (SSSR count). The first-order valence-corrected chi connectivity index (χ1v) is 7.04. The largest absolute Gasteiger partial charge is 0.396 e. The van der Waals surface area contributed by atoms with Crippen LogP contribution in [0.25, 0.3) is 0 Å². The highest BCUT2D eigenvalue weighted by Gasteiger charge is 2.25. The maximum atomic E-state index is 9.06. The zero-order valence-corrected chi connectivity index (χ0v) is 12.0. The second-order valence-corrected chi connectivity index (χ2v) is 5.56. The van der Waals surface area contributed by atoms with Gasteiger partial charge in [0.1, 0.15) is 5.15 Å². The van der Waals surface area contributed by atoms with Crippen LogP contribution in [0.2, 0.25) is 10.2 Å². The van der Waals surface area contributed by atoms with Gasteiger partial charge >= 0.3 is 0 Å². The smallest absolute Gasteiger partial charge is 0.135 e. The molecule has 0 aromatic carbocycles. The average Bonchev–Trinajstić information content (AvgIpc) is 2.71. The number of aliphatic hydroxyl groups is 1. The Morgan fingerprint density at radius 1 is 1.50 bits per heavy atom. The zero-order valence-electron chi connectivity index (χ0n) is 10.5. The molecule has 0 amide bonds. The van der Waals surface area contributed by atoms with Crippen molar-refractivity contribution >= 4 is 23.2 Å². The van der Waals surface area contributed by atoms with Crippen molar-refractivity contribution in [1.29, 1.82) is 0 Å². The molecule has 100 valence electrons. The van der Waals surface area contributed by atoms with E-state index in [-0.39, 0.29) is 6.61 Å². The van der Waals surface area contributed by atoms with Crippen molar-refractivity contribution in [2.45, 2.75) is 38.8 Å². The number of halogens is 2. The zero-order chi connectivity index (χ0) is 13.1. The monoisotopic (exact) mass is 288 g/mol. The van der Waals surface area contributed by atoms with Gasteiger partial charge in [0.05, 0.1) is 0 Å². The Hall–Kier alpha value is -0.350. The molecule has 1 aliphatic heterocycles. The molecular formula is C13H18Cl2N2O. The van der Waals surface area contributed by atoms with Crippen molar-refractivity contribution in [3.05, 3.63) is 27.5 Å². The van der Waals surface area contributed by atoms with Gasteiger partial charge in [0.2, 0.25) is 0 Å². The highest BCUT2D eigenvalue weighted by molar-refractivity contribution is 6.35. The molecular weight excluding hydrogens is 271 g/mol. The van der Waals surface area contributed by atoms with E-state index in [0.717, 1.165) is 37.2 Å². The topological polar surface area (TPSA) is 36.4 Å². The Bertz CT molecular complexity index is 402. The number of aliphatic hydroxyl groups excluding tert-OH is 1. The first-order chi connectivity index (χ1) is 8.61. The van der Waals surface area contributed by atoms with Crippen molar-refractivity contribution in [2.75, 3.05) is 13.2 Å². The minimum atomic E-state index is 0.231. The summed E-state index contributed by atoms with van der Waals surface area (Å²) in [6, 6.07) is 2.28. The first-order valence-electron chi connectivity index (χ1n) is 6.28. The molecule has 1 aromatic rings. The minimum absolute atomic E-state index is 0.231. The van der Waals surface area contributed by atoms with E-state index in [2.05, 4.69) is 9.88 Å². The van der Waals surface area contributed by atoms with Gasteiger partial charge in [-0.3, -0.25) is 4.90 Å². The van der Waals surface area contributed by atoms with E-state index >= 15 is 0 Å². The Balaban J connectivity index is 2.14. The third-order valence-electron chi connectivity index (χ3n) is 3.47. The van der Waals surface area contributed by atoms with Crippen LogP contribution in [-0.4, -0.2) is 34.2 Å². The van der Waals surface area contributed by atoms with Crippen LogP contribution in [0.1, 0.15) is 30.5 Å². The molecule has 1 fully saturated rings. The first kappa shape index (κ1) is 14.1. The Morgan fingerprint density at radius 3 is 2.94 bits per heavy atom. The molecule has 0 aliphatic carbocycles. The molecule has 1 N–H and O–H groups in total. The lowest BCUT2D eigenvalue weighted by atomic mass is 10.1. The maximum absolute atomic E-state index is 9.06. The Labute approximate surface area is 118 Å². The molecule has 0 radical (unpaired) electrons. The summed E-state index contributed by atoms with van der Waals surface area (Å²) in [4.78, 5) is 6.59. The van der Waals surface area contributed by atoms with Gasteiger partial charge in [0, 0.05) is 35.5 Å². The van der Waals surface area contributed by atoms with Gasteiger partial charge in [-0.1, -0.05) is 23.2 Å². The lowest BCUT2D eigenvalue weighted by Crippen LogP contribution is -2.30. The minimum Gasteiger partial charge on any atom is -0.396 e. The molecule has 1 saturated heterocycles. The molecule has 1 aliphatic rings. The van der Waals surface area contributed by atoms with Crippen molar-refractivity contribution in [3.63, 3.8) is 0 Å².